The minimum Gasteiger partial charge on any atom is -0.396 e. The SMILES string of the molecule is OCCCNc1cnccc1-c1cncc(Nc2cccc(Cl)c2)n1. The summed E-state index contributed by atoms with van der Waals surface area (Å²) in [5.41, 5.74) is 3.32. The standard InChI is InChI=1S/C18H18ClN5O/c19-13-3-1-4-14(9-13)23-18-12-21-11-17(24-18)15-5-7-20-10-16(15)22-6-2-8-25/h1,3-5,7,9-12,22,25H,2,6,8H2,(H,23,24). The number of halogens is 1. The topological polar surface area (TPSA) is 83.0 Å². The number of aromatic nitrogens is 3. The minimum absolute atomic E-state index is 0.140. The van der Waals surface area contributed by atoms with Crippen LogP contribution in [0.4, 0.5) is 17.2 Å². The van der Waals surface area contributed by atoms with Gasteiger partial charge in [0.2, 0.25) is 0 Å². The monoisotopic (exact) mass is 355 g/mol. The lowest BCUT2D eigenvalue weighted by Gasteiger charge is -2.12. The van der Waals surface area contributed by atoms with Crippen LogP contribution in [-0.4, -0.2) is 33.2 Å². The Kier molecular flexibility index (Phi) is 5.77. The third-order valence-electron chi connectivity index (χ3n) is 3.48. The maximum atomic E-state index is 8.93. The van der Waals surface area contributed by atoms with Crippen LogP contribution in [0.5, 0.6) is 0 Å². The van der Waals surface area contributed by atoms with E-state index in [0.717, 1.165) is 22.6 Å². The van der Waals surface area contributed by atoms with E-state index in [0.29, 0.717) is 23.8 Å². The molecule has 0 aliphatic carbocycles. The van der Waals surface area contributed by atoms with E-state index >= 15 is 0 Å². The summed E-state index contributed by atoms with van der Waals surface area (Å²) in [4.78, 5) is 13.0. The third kappa shape index (κ3) is 4.65. The van der Waals surface area contributed by atoms with Gasteiger partial charge in [-0.3, -0.25) is 9.97 Å². The molecule has 0 unspecified atom stereocenters. The van der Waals surface area contributed by atoms with Crippen LogP contribution in [0.3, 0.4) is 0 Å². The van der Waals surface area contributed by atoms with Gasteiger partial charge in [0.15, 0.2) is 0 Å². The lowest BCUT2D eigenvalue weighted by Crippen LogP contribution is -2.05. The van der Waals surface area contributed by atoms with Crippen molar-refractivity contribution in [1.82, 2.24) is 15.0 Å². The zero-order valence-electron chi connectivity index (χ0n) is 13.5. The number of anilines is 3. The van der Waals surface area contributed by atoms with Crippen molar-refractivity contribution in [3.05, 3.63) is 60.1 Å². The van der Waals surface area contributed by atoms with Crippen molar-refractivity contribution in [2.45, 2.75) is 6.42 Å². The van der Waals surface area contributed by atoms with Crippen LogP contribution >= 0.6 is 11.6 Å². The van der Waals surface area contributed by atoms with Crippen molar-refractivity contribution in [3.63, 3.8) is 0 Å². The van der Waals surface area contributed by atoms with Crippen LogP contribution in [0.1, 0.15) is 6.42 Å². The van der Waals surface area contributed by atoms with Gasteiger partial charge in [-0.05, 0) is 30.7 Å². The number of hydrogen-bond donors (Lipinski definition) is 3. The molecule has 3 N–H and O–H groups in total. The molecule has 0 atom stereocenters. The van der Waals surface area contributed by atoms with Gasteiger partial charge in [0.05, 0.1) is 30.0 Å². The number of aliphatic hydroxyl groups excluding tert-OH is 1. The van der Waals surface area contributed by atoms with Crippen molar-refractivity contribution in [1.29, 1.82) is 0 Å². The van der Waals surface area contributed by atoms with Gasteiger partial charge in [-0.2, -0.15) is 0 Å². The summed E-state index contributed by atoms with van der Waals surface area (Å²) >= 11 is 6.01. The maximum absolute atomic E-state index is 8.93. The number of nitrogens with one attached hydrogen (secondary N) is 2. The molecule has 3 rings (SSSR count). The van der Waals surface area contributed by atoms with Crippen LogP contribution in [0.15, 0.2) is 55.1 Å². The molecule has 0 aliphatic heterocycles. The molecule has 2 aromatic heterocycles. The second-order valence-corrected chi connectivity index (χ2v) is 5.79. The first-order chi connectivity index (χ1) is 12.3. The highest BCUT2D eigenvalue weighted by Crippen LogP contribution is 2.26. The molecule has 0 radical (unpaired) electrons. The van der Waals surface area contributed by atoms with E-state index in [1.165, 1.54) is 0 Å². The first-order valence-electron chi connectivity index (χ1n) is 7.90. The quantitative estimate of drug-likeness (QED) is 0.560. The highest BCUT2D eigenvalue weighted by atomic mass is 35.5. The molecule has 0 fully saturated rings. The Hall–Kier alpha value is -2.70. The highest BCUT2D eigenvalue weighted by Gasteiger charge is 2.08. The number of benzene rings is 1. The number of rotatable bonds is 7. The molecule has 128 valence electrons. The van der Waals surface area contributed by atoms with Gasteiger partial charge >= 0.3 is 0 Å². The highest BCUT2D eigenvalue weighted by molar-refractivity contribution is 6.30. The summed E-state index contributed by atoms with van der Waals surface area (Å²) in [6.07, 6.45) is 7.48. The Bertz CT molecular complexity index is 843. The van der Waals surface area contributed by atoms with E-state index in [4.69, 9.17) is 16.7 Å². The Labute approximate surface area is 150 Å². The summed E-state index contributed by atoms with van der Waals surface area (Å²) < 4.78 is 0. The van der Waals surface area contributed by atoms with E-state index in [1.807, 2.05) is 30.3 Å². The van der Waals surface area contributed by atoms with E-state index in [9.17, 15) is 0 Å². The second-order valence-electron chi connectivity index (χ2n) is 5.35. The molecule has 6 nitrogen and oxygen atoms in total. The Morgan fingerprint density at radius 2 is 2.00 bits per heavy atom. The van der Waals surface area contributed by atoms with Crippen LogP contribution in [0, 0.1) is 0 Å². The van der Waals surface area contributed by atoms with Crippen LogP contribution < -0.4 is 10.6 Å². The molecular formula is C18H18ClN5O. The van der Waals surface area contributed by atoms with Gasteiger partial charge in [0.25, 0.3) is 0 Å². The summed E-state index contributed by atoms with van der Waals surface area (Å²) in [5.74, 6) is 0.623. The summed E-state index contributed by atoms with van der Waals surface area (Å²) in [7, 11) is 0. The van der Waals surface area contributed by atoms with Crippen molar-refractivity contribution in [2.24, 2.45) is 0 Å². The number of aliphatic hydroxyl groups is 1. The predicted molar refractivity (Wildman–Crippen MR) is 100 cm³/mol. The molecule has 0 amide bonds. The molecule has 0 saturated carbocycles. The Morgan fingerprint density at radius 3 is 2.84 bits per heavy atom. The average Bonchev–Trinajstić information content (AvgIpc) is 2.63. The Morgan fingerprint density at radius 1 is 1.08 bits per heavy atom. The van der Waals surface area contributed by atoms with Crippen molar-refractivity contribution < 1.29 is 5.11 Å². The summed E-state index contributed by atoms with van der Waals surface area (Å²) in [6, 6.07) is 9.30. The lowest BCUT2D eigenvalue weighted by molar-refractivity contribution is 0.292. The van der Waals surface area contributed by atoms with Gasteiger partial charge < -0.3 is 15.7 Å². The van der Waals surface area contributed by atoms with E-state index in [2.05, 4.69) is 25.6 Å². The fourth-order valence-electron chi connectivity index (χ4n) is 2.33. The fourth-order valence-corrected chi connectivity index (χ4v) is 2.52. The van der Waals surface area contributed by atoms with Crippen LogP contribution in [0.2, 0.25) is 5.02 Å². The van der Waals surface area contributed by atoms with Crippen LogP contribution in [-0.2, 0) is 0 Å². The normalized spacial score (nSPS) is 10.5. The lowest BCUT2D eigenvalue weighted by atomic mass is 10.1. The molecule has 0 aliphatic rings. The van der Waals surface area contributed by atoms with E-state index in [-0.39, 0.29) is 6.61 Å². The molecule has 2 heterocycles. The van der Waals surface area contributed by atoms with Gasteiger partial charge in [-0.1, -0.05) is 17.7 Å². The first-order valence-corrected chi connectivity index (χ1v) is 8.28. The molecule has 0 bridgehead atoms. The predicted octanol–water partition coefficient (Wildman–Crippen LogP) is 3.73. The van der Waals surface area contributed by atoms with Gasteiger partial charge in [0.1, 0.15) is 5.82 Å². The van der Waals surface area contributed by atoms with E-state index in [1.54, 1.807) is 24.8 Å². The molecule has 1 aromatic carbocycles. The smallest absolute Gasteiger partial charge is 0.149 e. The van der Waals surface area contributed by atoms with Gasteiger partial charge in [-0.15, -0.1) is 0 Å². The first kappa shape index (κ1) is 17.1. The molecular weight excluding hydrogens is 338 g/mol. The average molecular weight is 356 g/mol. The molecule has 25 heavy (non-hydrogen) atoms. The molecule has 0 saturated heterocycles. The Balaban J connectivity index is 1.84. The zero-order valence-corrected chi connectivity index (χ0v) is 14.2. The van der Waals surface area contributed by atoms with Gasteiger partial charge in [-0.25, -0.2) is 4.98 Å². The largest absolute Gasteiger partial charge is 0.396 e. The summed E-state index contributed by atoms with van der Waals surface area (Å²) in [6.45, 7) is 0.796. The fraction of sp³-hybridized carbons (Fsp3) is 0.167. The zero-order chi connectivity index (χ0) is 17.5. The molecule has 7 heteroatoms. The van der Waals surface area contributed by atoms with Crippen molar-refractivity contribution in [2.75, 3.05) is 23.8 Å². The second kappa shape index (κ2) is 8.41. The van der Waals surface area contributed by atoms with E-state index < -0.39 is 0 Å². The van der Waals surface area contributed by atoms with Crippen molar-refractivity contribution >= 4 is 28.8 Å². The number of hydrogen-bond acceptors (Lipinski definition) is 6. The van der Waals surface area contributed by atoms with Crippen molar-refractivity contribution in [3.8, 4) is 11.3 Å². The number of nitrogens with zero attached hydrogens (tertiary/aromatic N) is 3. The molecule has 3 aromatic rings. The third-order valence-corrected chi connectivity index (χ3v) is 3.71. The van der Waals surface area contributed by atoms with Gasteiger partial charge in [0, 0.05) is 35.6 Å². The molecule has 0 spiro atoms. The summed E-state index contributed by atoms with van der Waals surface area (Å²) in [5, 5.41) is 16.0. The van der Waals surface area contributed by atoms with Crippen LogP contribution in [0.25, 0.3) is 11.3 Å². The number of pyridine rings is 1. The minimum atomic E-state index is 0.140. The maximum Gasteiger partial charge on any atom is 0.149 e.